The highest BCUT2D eigenvalue weighted by Gasteiger charge is 2.37. The van der Waals surface area contributed by atoms with Crippen LogP contribution in [0.5, 0.6) is 0 Å². The molecule has 10 nitrogen and oxygen atoms in total. The van der Waals surface area contributed by atoms with Gasteiger partial charge in [-0.1, -0.05) is 0 Å². The Kier molecular flexibility index (Phi) is 6.24. The van der Waals surface area contributed by atoms with Crippen molar-refractivity contribution >= 4 is 34.7 Å². The summed E-state index contributed by atoms with van der Waals surface area (Å²) in [6.07, 6.45) is -5.01. The molecule has 0 spiro atoms. The molecule has 0 radical (unpaired) electrons. The predicted molar refractivity (Wildman–Crippen MR) is 42.9 cm³/mol. The number of carbonyl (C=O) groups is 2. The van der Waals surface area contributed by atoms with Gasteiger partial charge in [0.1, 0.15) is 0 Å². The van der Waals surface area contributed by atoms with Crippen LogP contribution in [0.1, 0.15) is 0 Å². The third-order valence-electron chi connectivity index (χ3n) is 1.13. The van der Waals surface area contributed by atoms with Crippen LogP contribution in [0.4, 0.5) is 0 Å². The molecule has 2 N–H and O–H groups in total. The summed E-state index contributed by atoms with van der Waals surface area (Å²) in [6, 6.07) is 0. The molecule has 0 rings (SSSR count). The average Bonchev–Trinajstić information content (AvgIpc) is 2.09. The lowest BCUT2D eigenvalue weighted by Crippen LogP contribution is -2.44. The zero-order valence-electron chi connectivity index (χ0n) is 7.13. The summed E-state index contributed by atoms with van der Waals surface area (Å²) in [4.78, 5) is 20.8. The zero-order valence-corrected chi connectivity index (χ0v) is 8.76. The Bertz CT molecular complexity index is 293. The molecular weight excluding hydrogens is 272 g/mol. The molecule has 4 atom stereocenters. The van der Waals surface area contributed by atoms with Gasteiger partial charge < -0.3 is 19.3 Å². The van der Waals surface area contributed by atoms with Crippen molar-refractivity contribution in [1.29, 1.82) is 0 Å². The van der Waals surface area contributed by atoms with E-state index in [1.807, 2.05) is 0 Å². The van der Waals surface area contributed by atoms with E-state index >= 15 is 0 Å². The maximum absolute atomic E-state index is 10.4. The van der Waals surface area contributed by atoms with E-state index in [4.69, 9.17) is 10.2 Å². The summed E-state index contributed by atoms with van der Waals surface area (Å²) in [5, 5.41) is 16.8. The van der Waals surface area contributed by atoms with Crippen LogP contribution in [-0.2, 0) is 40.7 Å². The monoisotopic (exact) mass is 276 g/mol. The first-order valence-electron chi connectivity index (χ1n) is 3.24. The summed E-state index contributed by atoms with van der Waals surface area (Å²) in [5.41, 5.74) is 0. The topological polar surface area (TPSA) is 173 Å². The molecular formula is C4H4O10S2-2. The predicted octanol–water partition coefficient (Wildman–Crippen LogP) is -2.49. The second kappa shape index (κ2) is 6.62. The third kappa shape index (κ3) is 5.24. The SMILES string of the molecule is O=C(O)C(OS(=O)[O-])C(OS(=O)[O-])C(=O)O. The molecule has 0 aromatic heterocycles. The second-order valence-electron chi connectivity index (χ2n) is 2.12. The van der Waals surface area contributed by atoms with E-state index in [2.05, 4.69) is 8.37 Å². The van der Waals surface area contributed by atoms with Gasteiger partial charge in [-0.3, -0.25) is 8.37 Å². The minimum Gasteiger partial charge on any atom is -0.750 e. The van der Waals surface area contributed by atoms with Crippen LogP contribution in [0.3, 0.4) is 0 Å². The van der Waals surface area contributed by atoms with Crippen molar-refractivity contribution in [3.8, 4) is 0 Å². The lowest BCUT2D eigenvalue weighted by Gasteiger charge is -2.21. The molecule has 0 aliphatic rings. The summed E-state index contributed by atoms with van der Waals surface area (Å²) < 4.78 is 47.5. The molecule has 0 saturated carbocycles. The molecule has 94 valence electrons. The Hall–Kier alpha value is -0.920. The van der Waals surface area contributed by atoms with Crippen LogP contribution in [0.25, 0.3) is 0 Å². The number of carboxylic acid groups (broad SMARTS) is 2. The van der Waals surface area contributed by atoms with E-state index < -0.39 is 46.9 Å². The molecule has 0 amide bonds. The Morgan fingerprint density at radius 1 is 0.938 bits per heavy atom. The van der Waals surface area contributed by atoms with Gasteiger partial charge in [-0.25, -0.2) is 18.0 Å². The van der Waals surface area contributed by atoms with E-state index in [1.54, 1.807) is 0 Å². The minimum atomic E-state index is -3.34. The van der Waals surface area contributed by atoms with Crippen LogP contribution < -0.4 is 0 Å². The Morgan fingerprint density at radius 3 is 1.31 bits per heavy atom. The standard InChI is InChI=1S/C4H6O10S2/c5-3(6)1(13-15(9)10)2(4(7)8)14-16(11)12/h1-2H,(H,5,6)(H,7,8)(H,9,10)(H,11,12)/p-2. The van der Waals surface area contributed by atoms with Crippen molar-refractivity contribution in [3.63, 3.8) is 0 Å². The molecule has 4 unspecified atom stereocenters. The molecule has 0 saturated heterocycles. The number of hydrogen-bond donors (Lipinski definition) is 2. The van der Waals surface area contributed by atoms with Crippen molar-refractivity contribution in [2.24, 2.45) is 0 Å². The number of aliphatic carboxylic acids is 2. The molecule has 0 aliphatic carbocycles. The zero-order chi connectivity index (χ0) is 12.9. The van der Waals surface area contributed by atoms with Crippen molar-refractivity contribution in [1.82, 2.24) is 0 Å². The molecule has 0 aromatic carbocycles. The fraction of sp³-hybridized carbons (Fsp3) is 0.500. The maximum Gasteiger partial charge on any atom is 0.337 e. The lowest BCUT2D eigenvalue weighted by molar-refractivity contribution is -0.161. The van der Waals surface area contributed by atoms with Gasteiger partial charge in [0.05, 0.1) is 22.7 Å². The van der Waals surface area contributed by atoms with Gasteiger partial charge >= 0.3 is 11.9 Å². The minimum absolute atomic E-state index is 2.01. The summed E-state index contributed by atoms with van der Waals surface area (Å²) in [7, 11) is 0. The molecule has 16 heavy (non-hydrogen) atoms. The van der Waals surface area contributed by atoms with Crippen molar-refractivity contribution in [2.75, 3.05) is 0 Å². The van der Waals surface area contributed by atoms with Crippen molar-refractivity contribution in [3.05, 3.63) is 0 Å². The smallest absolute Gasteiger partial charge is 0.337 e. The second-order valence-corrected chi connectivity index (χ2v) is 3.32. The maximum atomic E-state index is 10.4. The van der Waals surface area contributed by atoms with Gasteiger partial charge in [0, 0.05) is 0 Å². The van der Waals surface area contributed by atoms with E-state index in [1.165, 1.54) is 0 Å². The van der Waals surface area contributed by atoms with E-state index in [0.717, 1.165) is 0 Å². The summed E-state index contributed by atoms with van der Waals surface area (Å²) in [6.45, 7) is 0. The highest BCUT2D eigenvalue weighted by Crippen LogP contribution is 2.08. The first-order valence-corrected chi connectivity index (χ1v) is 5.24. The fourth-order valence-corrected chi connectivity index (χ4v) is 1.32. The van der Waals surface area contributed by atoms with Crippen LogP contribution in [-0.4, -0.2) is 51.9 Å². The van der Waals surface area contributed by atoms with Crippen molar-refractivity contribution in [2.45, 2.75) is 12.2 Å². The van der Waals surface area contributed by atoms with Crippen LogP contribution in [0.2, 0.25) is 0 Å². The quantitative estimate of drug-likeness (QED) is 0.473. The molecule has 12 heteroatoms. The van der Waals surface area contributed by atoms with E-state index in [0.29, 0.717) is 0 Å². The number of hydrogen-bond acceptors (Lipinski definition) is 8. The number of carboxylic acids is 2. The normalized spacial score (nSPS) is 18.4. The average molecular weight is 276 g/mol. The fourth-order valence-electron chi connectivity index (χ4n) is 0.612. The largest absolute Gasteiger partial charge is 0.750 e. The van der Waals surface area contributed by atoms with Gasteiger partial charge in [-0.15, -0.1) is 0 Å². The Labute approximate surface area is 93.1 Å². The van der Waals surface area contributed by atoms with Crippen LogP contribution in [0.15, 0.2) is 0 Å². The lowest BCUT2D eigenvalue weighted by atomic mass is 10.2. The van der Waals surface area contributed by atoms with Gasteiger partial charge in [-0.2, -0.15) is 0 Å². The Balaban J connectivity index is 4.93. The highest BCUT2D eigenvalue weighted by molar-refractivity contribution is 7.74. The molecule has 0 fully saturated rings. The Morgan fingerprint density at radius 2 is 1.19 bits per heavy atom. The molecule has 0 aliphatic heterocycles. The van der Waals surface area contributed by atoms with Gasteiger partial charge in [-0.05, 0) is 0 Å². The first kappa shape index (κ1) is 15.1. The van der Waals surface area contributed by atoms with E-state index in [-0.39, 0.29) is 0 Å². The third-order valence-corrected chi connectivity index (χ3v) is 1.86. The molecule has 0 bridgehead atoms. The number of rotatable bonds is 7. The summed E-state index contributed by atoms with van der Waals surface area (Å²) >= 11 is -6.69. The van der Waals surface area contributed by atoms with Crippen LogP contribution >= 0.6 is 0 Å². The van der Waals surface area contributed by atoms with Gasteiger partial charge in [0.2, 0.25) is 12.2 Å². The molecule has 0 aromatic rings. The van der Waals surface area contributed by atoms with Crippen molar-refractivity contribution < 1.29 is 45.7 Å². The summed E-state index contributed by atoms with van der Waals surface area (Å²) in [5.74, 6) is -4.02. The van der Waals surface area contributed by atoms with E-state index in [9.17, 15) is 27.1 Å². The first-order chi connectivity index (χ1) is 7.25. The molecule has 0 heterocycles. The van der Waals surface area contributed by atoms with Crippen LogP contribution in [0, 0.1) is 0 Å². The highest BCUT2D eigenvalue weighted by atomic mass is 32.2. The van der Waals surface area contributed by atoms with Gasteiger partial charge in [0.15, 0.2) is 0 Å². The van der Waals surface area contributed by atoms with Gasteiger partial charge in [0.25, 0.3) is 0 Å².